The first-order chi connectivity index (χ1) is 8.74. The molecule has 0 radical (unpaired) electrons. The SMILES string of the molecule is COc1cc(C#N)ccc1NC(=O)c1cn[nH]c1. The third-order valence-electron chi connectivity index (χ3n) is 2.34. The molecular weight excluding hydrogens is 232 g/mol. The van der Waals surface area contributed by atoms with Crippen molar-refractivity contribution < 1.29 is 9.53 Å². The minimum Gasteiger partial charge on any atom is -0.495 e. The molecule has 0 aliphatic carbocycles. The molecule has 2 rings (SSSR count). The fourth-order valence-electron chi connectivity index (χ4n) is 1.43. The summed E-state index contributed by atoms with van der Waals surface area (Å²) in [6, 6.07) is 6.79. The van der Waals surface area contributed by atoms with Crippen LogP contribution < -0.4 is 10.1 Å². The number of aromatic nitrogens is 2. The van der Waals surface area contributed by atoms with Crippen LogP contribution in [0, 0.1) is 11.3 Å². The molecule has 2 aromatic rings. The van der Waals surface area contributed by atoms with Crippen molar-refractivity contribution in [3.63, 3.8) is 0 Å². The van der Waals surface area contributed by atoms with Crippen LogP contribution in [-0.2, 0) is 0 Å². The van der Waals surface area contributed by atoms with E-state index in [1.165, 1.54) is 19.5 Å². The number of hydrogen-bond donors (Lipinski definition) is 2. The van der Waals surface area contributed by atoms with Crippen LogP contribution in [0.2, 0.25) is 0 Å². The van der Waals surface area contributed by atoms with E-state index in [1.54, 1.807) is 18.2 Å². The number of hydrogen-bond acceptors (Lipinski definition) is 4. The smallest absolute Gasteiger partial charge is 0.258 e. The summed E-state index contributed by atoms with van der Waals surface area (Å²) in [4.78, 5) is 11.8. The summed E-state index contributed by atoms with van der Waals surface area (Å²) in [5, 5.41) is 17.7. The summed E-state index contributed by atoms with van der Waals surface area (Å²) < 4.78 is 5.12. The topological polar surface area (TPSA) is 90.8 Å². The first kappa shape index (κ1) is 11.7. The number of nitrogens with zero attached hydrogens (tertiary/aromatic N) is 2. The van der Waals surface area contributed by atoms with Crippen molar-refractivity contribution >= 4 is 11.6 Å². The highest BCUT2D eigenvalue weighted by atomic mass is 16.5. The van der Waals surface area contributed by atoms with Crippen LogP contribution in [0.3, 0.4) is 0 Å². The van der Waals surface area contributed by atoms with E-state index in [2.05, 4.69) is 15.5 Å². The van der Waals surface area contributed by atoms with Crippen LogP contribution in [0.1, 0.15) is 15.9 Å². The maximum absolute atomic E-state index is 11.8. The van der Waals surface area contributed by atoms with Crippen molar-refractivity contribution in [2.45, 2.75) is 0 Å². The Hall–Kier alpha value is -2.81. The Bertz CT molecular complexity index is 599. The Morgan fingerprint density at radius 3 is 3.00 bits per heavy atom. The molecule has 0 aliphatic rings. The quantitative estimate of drug-likeness (QED) is 0.854. The van der Waals surface area contributed by atoms with E-state index in [0.29, 0.717) is 22.6 Å². The normalized spacial score (nSPS) is 9.56. The lowest BCUT2D eigenvalue weighted by atomic mass is 10.2. The fourth-order valence-corrected chi connectivity index (χ4v) is 1.43. The van der Waals surface area contributed by atoms with E-state index >= 15 is 0 Å². The molecule has 0 bridgehead atoms. The van der Waals surface area contributed by atoms with Gasteiger partial charge in [-0.2, -0.15) is 10.4 Å². The Morgan fingerprint density at radius 1 is 1.56 bits per heavy atom. The number of aromatic amines is 1. The highest BCUT2D eigenvalue weighted by molar-refractivity contribution is 6.04. The van der Waals surface area contributed by atoms with Gasteiger partial charge in [0.1, 0.15) is 5.75 Å². The number of carbonyl (C=O) groups is 1. The number of nitriles is 1. The number of carbonyl (C=O) groups excluding carboxylic acids is 1. The lowest BCUT2D eigenvalue weighted by molar-refractivity contribution is 0.102. The zero-order chi connectivity index (χ0) is 13.0. The molecule has 0 saturated heterocycles. The zero-order valence-corrected chi connectivity index (χ0v) is 9.60. The monoisotopic (exact) mass is 242 g/mol. The van der Waals surface area contributed by atoms with Gasteiger partial charge in [0.25, 0.3) is 5.91 Å². The van der Waals surface area contributed by atoms with Gasteiger partial charge in [-0.3, -0.25) is 9.89 Å². The fraction of sp³-hybridized carbons (Fsp3) is 0.0833. The average Bonchev–Trinajstić information content (AvgIpc) is 2.93. The summed E-state index contributed by atoms with van der Waals surface area (Å²) in [6.45, 7) is 0. The second-order valence-electron chi connectivity index (χ2n) is 3.47. The van der Waals surface area contributed by atoms with Gasteiger partial charge in [0, 0.05) is 12.3 Å². The molecule has 1 heterocycles. The number of amides is 1. The highest BCUT2D eigenvalue weighted by Crippen LogP contribution is 2.25. The van der Waals surface area contributed by atoms with Crippen molar-refractivity contribution in [1.29, 1.82) is 5.26 Å². The van der Waals surface area contributed by atoms with Crippen LogP contribution in [-0.4, -0.2) is 23.2 Å². The maximum Gasteiger partial charge on any atom is 0.258 e. The van der Waals surface area contributed by atoms with Gasteiger partial charge in [-0.15, -0.1) is 0 Å². The second-order valence-corrected chi connectivity index (χ2v) is 3.47. The predicted molar refractivity (Wildman–Crippen MR) is 64.2 cm³/mol. The van der Waals surface area contributed by atoms with Gasteiger partial charge < -0.3 is 10.1 Å². The van der Waals surface area contributed by atoms with Crippen molar-refractivity contribution in [2.75, 3.05) is 12.4 Å². The van der Waals surface area contributed by atoms with Crippen molar-refractivity contribution in [2.24, 2.45) is 0 Å². The summed E-state index contributed by atoms with van der Waals surface area (Å²) in [7, 11) is 1.48. The molecule has 6 nitrogen and oxygen atoms in total. The maximum atomic E-state index is 11.8. The molecule has 1 amide bonds. The summed E-state index contributed by atoms with van der Waals surface area (Å²) in [5.74, 6) is 0.137. The van der Waals surface area contributed by atoms with E-state index in [1.807, 2.05) is 6.07 Å². The van der Waals surface area contributed by atoms with Crippen LogP contribution >= 0.6 is 0 Å². The van der Waals surface area contributed by atoms with Gasteiger partial charge >= 0.3 is 0 Å². The van der Waals surface area contributed by atoms with E-state index in [0.717, 1.165) is 0 Å². The molecule has 0 spiro atoms. The van der Waals surface area contributed by atoms with Crippen molar-refractivity contribution in [3.05, 3.63) is 41.7 Å². The predicted octanol–water partition coefficient (Wildman–Crippen LogP) is 1.54. The average molecular weight is 242 g/mol. The number of methoxy groups -OCH3 is 1. The molecule has 18 heavy (non-hydrogen) atoms. The van der Waals surface area contributed by atoms with Gasteiger partial charge in [-0.1, -0.05) is 0 Å². The zero-order valence-electron chi connectivity index (χ0n) is 9.60. The number of benzene rings is 1. The molecule has 0 unspecified atom stereocenters. The Balaban J connectivity index is 2.24. The minimum absolute atomic E-state index is 0.299. The molecule has 0 fully saturated rings. The Labute approximate surface area is 103 Å². The lowest BCUT2D eigenvalue weighted by Crippen LogP contribution is -2.11. The molecule has 6 heteroatoms. The van der Waals surface area contributed by atoms with Crippen LogP contribution in [0.25, 0.3) is 0 Å². The summed E-state index contributed by atoms with van der Waals surface area (Å²) >= 11 is 0. The van der Waals surface area contributed by atoms with Crippen LogP contribution in [0.5, 0.6) is 5.75 Å². The van der Waals surface area contributed by atoms with Gasteiger partial charge in [0.05, 0.1) is 36.2 Å². The highest BCUT2D eigenvalue weighted by Gasteiger charge is 2.10. The number of anilines is 1. The van der Waals surface area contributed by atoms with Gasteiger partial charge in [-0.05, 0) is 12.1 Å². The van der Waals surface area contributed by atoms with Crippen LogP contribution in [0.4, 0.5) is 5.69 Å². The Kier molecular flexibility index (Phi) is 3.25. The number of rotatable bonds is 3. The summed E-state index contributed by atoms with van der Waals surface area (Å²) in [6.07, 6.45) is 2.91. The van der Waals surface area contributed by atoms with Gasteiger partial charge in [-0.25, -0.2) is 0 Å². The third kappa shape index (κ3) is 2.30. The number of ether oxygens (including phenoxy) is 1. The van der Waals surface area contributed by atoms with Crippen molar-refractivity contribution in [3.8, 4) is 11.8 Å². The number of nitrogens with one attached hydrogen (secondary N) is 2. The van der Waals surface area contributed by atoms with E-state index < -0.39 is 0 Å². The van der Waals surface area contributed by atoms with Gasteiger partial charge in [0.15, 0.2) is 0 Å². The molecular formula is C12H10N4O2. The molecule has 0 atom stereocenters. The molecule has 90 valence electrons. The molecule has 2 N–H and O–H groups in total. The molecule has 0 saturated carbocycles. The number of H-pyrrole nitrogens is 1. The first-order valence-electron chi connectivity index (χ1n) is 5.13. The van der Waals surface area contributed by atoms with Crippen molar-refractivity contribution in [1.82, 2.24) is 10.2 Å². The molecule has 1 aromatic heterocycles. The third-order valence-corrected chi connectivity index (χ3v) is 2.34. The van der Waals surface area contributed by atoms with E-state index in [9.17, 15) is 4.79 Å². The minimum atomic E-state index is -0.299. The molecule has 1 aromatic carbocycles. The lowest BCUT2D eigenvalue weighted by Gasteiger charge is -2.09. The van der Waals surface area contributed by atoms with Gasteiger partial charge in [0.2, 0.25) is 0 Å². The second kappa shape index (κ2) is 5.01. The first-order valence-corrected chi connectivity index (χ1v) is 5.13. The van der Waals surface area contributed by atoms with E-state index in [4.69, 9.17) is 10.00 Å². The Morgan fingerprint density at radius 2 is 2.39 bits per heavy atom. The largest absolute Gasteiger partial charge is 0.495 e. The van der Waals surface area contributed by atoms with E-state index in [-0.39, 0.29) is 5.91 Å². The van der Waals surface area contributed by atoms with Crippen LogP contribution in [0.15, 0.2) is 30.6 Å². The molecule has 0 aliphatic heterocycles. The standard InChI is InChI=1S/C12H10N4O2/c1-18-11-4-8(5-13)2-3-10(11)16-12(17)9-6-14-15-7-9/h2-4,6-7H,1H3,(H,14,15)(H,16,17). The summed E-state index contributed by atoms with van der Waals surface area (Å²) in [5.41, 5.74) is 1.39.